The van der Waals surface area contributed by atoms with Gasteiger partial charge in [-0.2, -0.15) is 0 Å². The van der Waals surface area contributed by atoms with E-state index in [0.717, 1.165) is 30.9 Å². The molecule has 0 bridgehead atoms. The maximum atomic E-state index is 13.3. The molecule has 3 aromatic rings. The summed E-state index contributed by atoms with van der Waals surface area (Å²) < 4.78 is 7.41. The van der Waals surface area contributed by atoms with Gasteiger partial charge in [-0.15, -0.1) is 0 Å². The molecular weight excluding hydrogens is 428 g/mol. The number of benzene rings is 2. The summed E-state index contributed by atoms with van der Waals surface area (Å²) in [7, 11) is 5.34. The van der Waals surface area contributed by atoms with E-state index in [1.807, 2.05) is 29.2 Å². The molecule has 0 N–H and O–H groups in total. The van der Waals surface area contributed by atoms with Crippen molar-refractivity contribution in [3.8, 4) is 5.75 Å². The lowest BCUT2D eigenvalue weighted by molar-refractivity contribution is -0.134. The highest BCUT2D eigenvalue weighted by atomic mass is 16.5. The van der Waals surface area contributed by atoms with Gasteiger partial charge in [0.2, 0.25) is 0 Å². The molecule has 2 aromatic carbocycles. The van der Waals surface area contributed by atoms with Crippen molar-refractivity contribution in [2.24, 2.45) is 7.05 Å². The summed E-state index contributed by atoms with van der Waals surface area (Å²) in [4.78, 5) is 31.8. The van der Waals surface area contributed by atoms with E-state index in [-0.39, 0.29) is 11.9 Å². The number of hydrogen-bond acceptors (Lipinski definition) is 4. The number of para-hydroxylation sites is 1. The van der Waals surface area contributed by atoms with Crippen molar-refractivity contribution in [1.29, 1.82) is 0 Å². The first-order chi connectivity index (χ1) is 16.4. The normalized spacial score (nSPS) is 18.4. The first-order valence-electron chi connectivity index (χ1n) is 11.9. The average Bonchev–Trinajstić information content (AvgIpc) is 3.27. The van der Waals surface area contributed by atoms with Crippen LogP contribution < -0.4 is 4.74 Å². The van der Waals surface area contributed by atoms with Crippen molar-refractivity contribution < 1.29 is 14.3 Å². The number of likely N-dealkylation sites (tertiary alicyclic amines) is 1. The maximum absolute atomic E-state index is 13.3. The van der Waals surface area contributed by atoms with Crippen LogP contribution in [0.1, 0.15) is 24.0 Å². The van der Waals surface area contributed by atoms with Gasteiger partial charge in [0.1, 0.15) is 11.3 Å². The predicted molar refractivity (Wildman–Crippen MR) is 132 cm³/mol. The molecule has 2 aliphatic heterocycles. The predicted octanol–water partition coefficient (Wildman–Crippen LogP) is 3.66. The topological polar surface area (TPSA) is 58.0 Å². The lowest BCUT2D eigenvalue weighted by Gasteiger charge is -2.42. The zero-order valence-electron chi connectivity index (χ0n) is 20.2. The third kappa shape index (κ3) is 3.74. The van der Waals surface area contributed by atoms with E-state index in [0.29, 0.717) is 25.8 Å². The molecule has 2 aliphatic rings. The minimum absolute atomic E-state index is 0.0583. The summed E-state index contributed by atoms with van der Waals surface area (Å²) in [6, 6.07) is 16.2. The van der Waals surface area contributed by atoms with Crippen molar-refractivity contribution >= 4 is 22.8 Å². The van der Waals surface area contributed by atoms with Gasteiger partial charge in [0.25, 0.3) is 5.91 Å². The van der Waals surface area contributed by atoms with E-state index in [9.17, 15) is 9.59 Å². The summed E-state index contributed by atoms with van der Waals surface area (Å²) in [6.45, 7) is 2.95. The van der Waals surface area contributed by atoms with Crippen molar-refractivity contribution in [2.75, 3.05) is 33.8 Å². The van der Waals surface area contributed by atoms with Gasteiger partial charge >= 0.3 is 6.03 Å². The van der Waals surface area contributed by atoms with E-state index < -0.39 is 5.54 Å². The van der Waals surface area contributed by atoms with E-state index in [4.69, 9.17) is 4.74 Å². The zero-order valence-corrected chi connectivity index (χ0v) is 20.2. The van der Waals surface area contributed by atoms with Gasteiger partial charge in [0.05, 0.1) is 7.11 Å². The quantitative estimate of drug-likeness (QED) is 0.527. The zero-order chi connectivity index (χ0) is 23.9. The van der Waals surface area contributed by atoms with Crippen LogP contribution in [0.4, 0.5) is 4.79 Å². The number of aromatic nitrogens is 1. The Morgan fingerprint density at radius 2 is 1.68 bits per heavy atom. The van der Waals surface area contributed by atoms with Gasteiger partial charge in [-0.25, -0.2) is 4.79 Å². The number of likely N-dealkylation sites (N-methyl/N-ethyl adjacent to an activating group) is 1. The number of rotatable bonds is 6. The van der Waals surface area contributed by atoms with Gasteiger partial charge in [0, 0.05) is 57.4 Å². The minimum atomic E-state index is -0.729. The number of ether oxygens (including phenoxy) is 1. The van der Waals surface area contributed by atoms with Crippen LogP contribution >= 0.6 is 0 Å². The van der Waals surface area contributed by atoms with Crippen LogP contribution in [-0.2, 0) is 24.8 Å². The number of nitrogens with zero attached hydrogens (tertiary/aromatic N) is 4. The molecule has 5 rings (SSSR count). The molecule has 34 heavy (non-hydrogen) atoms. The smallest absolute Gasteiger partial charge is 0.327 e. The summed E-state index contributed by atoms with van der Waals surface area (Å²) in [5.41, 5.74) is 2.93. The summed E-state index contributed by atoms with van der Waals surface area (Å²) in [6.07, 6.45) is 4.23. The van der Waals surface area contributed by atoms with Gasteiger partial charge in [-0.1, -0.05) is 30.3 Å². The van der Waals surface area contributed by atoms with E-state index in [2.05, 4.69) is 47.0 Å². The van der Waals surface area contributed by atoms with Crippen LogP contribution in [0.25, 0.3) is 10.9 Å². The van der Waals surface area contributed by atoms with Gasteiger partial charge in [-0.3, -0.25) is 14.6 Å². The van der Waals surface area contributed by atoms with E-state index in [1.54, 1.807) is 14.2 Å². The Morgan fingerprint density at radius 1 is 0.971 bits per heavy atom. The second kappa shape index (κ2) is 8.80. The second-order valence-corrected chi connectivity index (χ2v) is 9.49. The molecule has 178 valence electrons. The van der Waals surface area contributed by atoms with Gasteiger partial charge < -0.3 is 14.2 Å². The molecule has 2 fully saturated rings. The SMILES string of the molecule is COc1ccc(CCN2C(=O)N(C)C(=O)C23CCN(Cc2cn(C)c4ccccc24)CC3)cc1. The Bertz CT molecular complexity index is 1210. The molecule has 0 saturated carbocycles. The highest BCUT2D eigenvalue weighted by Crippen LogP contribution is 2.37. The third-order valence-electron chi connectivity index (χ3n) is 7.58. The first-order valence-corrected chi connectivity index (χ1v) is 11.9. The molecule has 2 saturated heterocycles. The van der Waals surface area contributed by atoms with Crippen LogP contribution in [0.5, 0.6) is 5.75 Å². The molecule has 0 radical (unpaired) electrons. The number of imide groups is 1. The standard InChI is InChI=1S/C27H32N4O3/c1-28-18-21(23-6-4-5-7-24(23)28)19-30-16-13-27(14-17-30)25(32)29(2)26(33)31(27)15-12-20-8-10-22(34-3)11-9-20/h4-11,18H,12-17,19H2,1-3H3. The largest absolute Gasteiger partial charge is 0.497 e. The fourth-order valence-corrected chi connectivity index (χ4v) is 5.58. The van der Waals surface area contributed by atoms with Crippen LogP contribution in [0.15, 0.2) is 54.7 Å². The Labute approximate surface area is 200 Å². The third-order valence-corrected chi connectivity index (χ3v) is 7.58. The lowest BCUT2D eigenvalue weighted by atomic mass is 9.85. The summed E-state index contributed by atoms with van der Waals surface area (Å²) in [5, 5.41) is 1.28. The summed E-state index contributed by atoms with van der Waals surface area (Å²) in [5.74, 6) is 0.753. The average molecular weight is 461 g/mol. The molecule has 3 amide bonds. The van der Waals surface area contributed by atoms with Crippen molar-refractivity contribution in [2.45, 2.75) is 31.3 Å². The number of urea groups is 1. The second-order valence-electron chi connectivity index (χ2n) is 9.49. The van der Waals surface area contributed by atoms with Gasteiger partial charge in [0.15, 0.2) is 0 Å². The fraction of sp³-hybridized carbons (Fsp3) is 0.407. The number of methoxy groups -OCH3 is 1. The van der Waals surface area contributed by atoms with Crippen LogP contribution in [0, 0.1) is 0 Å². The number of aryl methyl sites for hydroxylation is 1. The number of hydrogen-bond donors (Lipinski definition) is 0. The van der Waals surface area contributed by atoms with Crippen LogP contribution in [0.3, 0.4) is 0 Å². The molecule has 3 heterocycles. The van der Waals surface area contributed by atoms with E-state index >= 15 is 0 Å². The number of carbonyl (C=O) groups is 2. The minimum Gasteiger partial charge on any atom is -0.497 e. The van der Waals surface area contributed by atoms with Crippen molar-refractivity contribution in [3.05, 3.63) is 65.9 Å². The molecule has 1 aromatic heterocycles. The fourth-order valence-electron chi connectivity index (χ4n) is 5.58. The Kier molecular flexibility index (Phi) is 5.81. The van der Waals surface area contributed by atoms with E-state index in [1.165, 1.54) is 21.4 Å². The number of carbonyl (C=O) groups excluding carboxylic acids is 2. The van der Waals surface area contributed by atoms with Crippen LogP contribution in [-0.4, -0.2) is 70.5 Å². The molecule has 7 heteroatoms. The molecular formula is C27H32N4O3. The lowest BCUT2D eigenvalue weighted by Crippen LogP contribution is -2.56. The summed E-state index contributed by atoms with van der Waals surface area (Å²) >= 11 is 0. The molecule has 1 spiro atoms. The Hall–Kier alpha value is -3.32. The monoisotopic (exact) mass is 460 g/mol. The number of piperidine rings is 1. The van der Waals surface area contributed by atoms with Crippen molar-refractivity contribution in [1.82, 2.24) is 19.3 Å². The maximum Gasteiger partial charge on any atom is 0.327 e. The molecule has 0 aliphatic carbocycles. The number of amides is 3. The van der Waals surface area contributed by atoms with Crippen molar-refractivity contribution in [3.63, 3.8) is 0 Å². The highest BCUT2D eigenvalue weighted by molar-refractivity contribution is 6.06. The van der Waals surface area contributed by atoms with Crippen LogP contribution in [0.2, 0.25) is 0 Å². The molecule has 7 nitrogen and oxygen atoms in total. The number of fused-ring (bicyclic) bond motifs is 1. The molecule has 0 atom stereocenters. The Morgan fingerprint density at radius 3 is 2.38 bits per heavy atom. The molecule has 0 unspecified atom stereocenters. The highest BCUT2D eigenvalue weighted by Gasteiger charge is 2.56. The Balaban J connectivity index is 1.29. The van der Waals surface area contributed by atoms with Gasteiger partial charge in [-0.05, 0) is 48.6 Å². The first kappa shape index (κ1) is 22.5.